The van der Waals surface area contributed by atoms with E-state index < -0.39 is 0 Å². The number of fused-ring (bicyclic) bond motifs is 1. The average Bonchev–Trinajstić information content (AvgIpc) is 3.34. The van der Waals surface area contributed by atoms with Crippen LogP contribution in [0.1, 0.15) is 48.2 Å². The van der Waals surface area contributed by atoms with Crippen LogP contribution in [-0.4, -0.2) is 15.5 Å². The number of carbonyl (C=O) groups is 1. The van der Waals surface area contributed by atoms with Gasteiger partial charge in [0.25, 0.3) is 0 Å². The van der Waals surface area contributed by atoms with E-state index in [0.717, 1.165) is 24.4 Å². The number of imidazole rings is 1. The number of aryl methyl sites for hydroxylation is 3. The third-order valence-electron chi connectivity index (χ3n) is 5.76. The summed E-state index contributed by atoms with van der Waals surface area (Å²) in [6, 6.07) is 16.7. The third-order valence-corrected chi connectivity index (χ3v) is 5.76. The fourth-order valence-corrected chi connectivity index (χ4v) is 4.01. The standard InChI is InChI=1S/C24H27N3O/c1-18(19-7-4-3-5-8-19)15-24(28)27(17-23-25-13-14-26(23)2)22-12-11-20-9-6-10-21(20)16-22/h3-5,7-8,11-14,16,18H,6,9-10,15,17H2,1-2H3. The second-order valence-electron chi connectivity index (χ2n) is 7.76. The highest BCUT2D eigenvalue weighted by atomic mass is 16.2. The number of benzene rings is 2. The lowest BCUT2D eigenvalue weighted by Gasteiger charge is -2.25. The van der Waals surface area contributed by atoms with Gasteiger partial charge in [0.1, 0.15) is 5.82 Å². The van der Waals surface area contributed by atoms with Crippen LogP contribution >= 0.6 is 0 Å². The molecule has 2 aromatic carbocycles. The Hall–Kier alpha value is -2.88. The Morgan fingerprint density at radius 2 is 1.93 bits per heavy atom. The van der Waals surface area contributed by atoms with E-state index in [4.69, 9.17) is 0 Å². The molecule has 1 aromatic heterocycles. The topological polar surface area (TPSA) is 38.1 Å². The van der Waals surface area contributed by atoms with Crippen LogP contribution in [-0.2, 0) is 31.2 Å². The van der Waals surface area contributed by atoms with Gasteiger partial charge in [-0.05, 0) is 54.0 Å². The molecule has 0 saturated carbocycles. The lowest BCUT2D eigenvalue weighted by atomic mass is 9.97. The van der Waals surface area contributed by atoms with Crippen molar-refractivity contribution >= 4 is 11.6 Å². The lowest BCUT2D eigenvalue weighted by molar-refractivity contribution is -0.119. The number of carbonyl (C=O) groups excluding carboxylic acids is 1. The minimum Gasteiger partial charge on any atom is -0.337 e. The lowest BCUT2D eigenvalue weighted by Crippen LogP contribution is -2.32. The molecule has 0 fully saturated rings. The van der Waals surface area contributed by atoms with Crippen LogP contribution in [0.4, 0.5) is 5.69 Å². The highest BCUT2D eigenvalue weighted by molar-refractivity contribution is 5.93. The molecule has 4 rings (SSSR count). The van der Waals surface area contributed by atoms with Crippen molar-refractivity contribution in [3.63, 3.8) is 0 Å². The van der Waals surface area contributed by atoms with E-state index in [0.29, 0.717) is 13.0 Å². The molecule has 0 saturated heterocycles. The fourth-order valence-electron chi connectivity index (χ4n) is 4.01. The van der Waals surface area contributed by atoms with Crippen LogP contribution in [0.25, 0.3) is 0 Å². The van der Waals surface area contributed by atoms with Gasteiger partial charge in [0.05, 0.1) is 6.54 Å². The maximum absolute atomic E-state index is 13.4. The highest BCUT2D eigenvalue weighted by Crippen LogP contribution is 2.29. The maximum Gasteiger partial charge on any atom is 0.228 e. The van der Waals surface area contributed by atoms with Gasteiger partial charge in [-0.15, -0.1) is 0 Å². The second kappa shape index (κ2) is 8.01. The van der Waals surface area contributed by atoms with Crippen molar-refractivity contribution in [2.75, 3.05) is 4.90 Å². The summed E-state index contributed by atoms with van der Waals surface area (Å²) >= 11 is 0. The maximum atomic E-state index is 13.4. The van der Waals surface area contributed by atoms with Crippen molar-refractivity contribution in [2.45, 2.75) is 45.1 Å². The summed E-state index contributed by atoms with van der Waals surface area (Å²) in [6.07, 6.45) is 7.64. The first kappa shape index (κ1) is 18.5. The predicted octanol–water partition coefficient (Wildman–Crippen LogP) is 4.64. The van der Waals surface area contributed by atoms with Gasteiger partial charge in [0.15, 0.2) is 0 Å². The van der Waals surface area contributed by atoms with Gasteiger partial charge >= 0.3 is 0 Å². The zero-order chi connectivity index (χ0) is 19.5. The van der Waals surface area contributed by atoms with E-state index >= 15 is 0 Å². The van der Waals surface area contributed by atoms with E-state index in [-0.39, 0.29) is 11.8 Å². The van der Waals surface area contributed by atoms with E-state index in [1.165, 1.54) is 23.1 Å². The van der Waals surface area contributed by atoms with E-state index in [1.54, 1.807) is 6.20 Å². The van der Waals surface area contributed by atoms with Gasteiger partial charge in [0, 0.05) is 31.5 Å². The molecule has 1 unspecified atom stereocenters. The summed E-state index contributed by atoms with van der Waals surface area (Å²) in [6.45, 7) is 2.61. The highest BCUT2D eigenvalue weighted by Gasteiger charge is 2.22. The minimum absolute atomic E-state index is 0.136. The molecule has 1 atom stereocenters. The molecule has 3 aromatic rings. The van der Waals surface area contributed by atoms with Gasteiger partial charge in [-0.2, -0.15) is 0 Å². The van der Waals surface area contributed by atoms with Gasteiger partial charge < -0.3 is 9.47 Å². The number of aromatic nitrogens is 2. The zero-order valence-corrected chi connectivity index (χ0v) is 16.6. The summed E-state index contributed by atoms with van der Waals surface area (Å²) < 4.78 is 1.98. The van der Waals surface area contributed by atoms with Crippen LogP contribution in [0.5, 0.6) is 0 Å². The van der Waals surface area contributed by atoms with Crippen molar-refractivity contribution in [1.82, 2.24) is 9.55 Å². The normalized spacial score (nSPS) is 13.9. The van der Waals surface area contributed by atoms with Crippen molar-refractivity contribution < 1.29 is 4.79 Å². The molecule has 4 heteroatoms. The Balaban J connectivity index is 1.60. The Labute approximate surface area is 166 Å². The van der Waals surface area contributed by atoms with Crippen LogP contribution in [0.2, 0.25) is 0 Å². The van der Waals surface area contributed by atoms with Gasteiger partial charge in [-0.25, -0.2) is 4.98 Å². The number of anilines is 1. The summed E-state index contributed by atoms with van der Waals surface area (Å²) in [7, 11) is 1.97. The first-order valence-electron chi connectivity index (χ1n) is 10.0. The Bertz CT molecular complexity index is 961. The fraction of sp³-hybridized carbons (Fsp3) is 0.333. The summed E-state index contributed by atoms with van der Waals surface area (Å²) in [4.78, 5) is 19.7. The van der Waals surface area contributed by atoms with Crippen molar-refractivity contribution in [3.05, 3.63) is 83.4 Å². The quantitative estimate of drug-likeness (QED) is 0.631. The van der Waals surface area contributed by atoms with Crippen molar-refractivity contribution in [1.29, 1.82) is 0 Å². The molecule has 1 aliphatic rings. The van der Waals surface area contributed by atoms with E-state index in [1.807, 2.05) is 40.9 Å². The number of hydrogen-bond acceptors (Lipinski definition) is 2. The number of amides is 1. The molecule has 0 N–H and O–H groups in total. The minimum atomic E-state index is 0.136. The second-order valence-corrected chi connectivity index (χ2v) is 7.76. The molecule has 4 nitrogen and oxygen atoms in total. The molecule has 0 aliphatic heterocycles. The van der Waals surface area contributed by atoms with Gasteiger partial charge in [-0.1, -0.05) is 43.3 Å². The molecule has 1 heterocycles. The van der Waals surface area contributed by atoms with Crippen molar-refractivity contribution in [3.8, 4) is 0 Å². The van der Waals surface area contributed by atoms with E-state index in [2.05, 4.69) is 42.2 Å². The van der Waals surface area contributed by atoms with E-state index in [9.17, 15) is 4.79 Å². The Morgan fingerprint density at radius 3 is 2.68 bits per heavy atom. The van der Waals surface area contributed by atoms with Gasteiger partial charge in [-0.3, -0.25) is 4.79 Å². The monoisotopic (exact) mass is 373 g/mol. The largest absolute Gasteiger partial charge is 0.337 e. The van der Waals surface area contributed by atoms with Crippen LogP contribution < -0.4 is 4.90 Å². The Morgan fingerprint density at radius 1 is 1.14 bits per heavy atom. The molecule has 144 valence electrons. The first-order valence-corrected chi connectivity index (χ1v) is 10.0. The zero-order valence-electron chi connectivity index (χ0n) is 16.6. The third kappa shape index (κ3) is 3.86. The molecule has 0 bridgehead atoms. The number of nitrogens with zero attached hydrogens (tertiary/aromatic N) is 3. The molecule has 28 heavy (non-hydrogen) atoms. The molecule has 0 spiro atoms. The molecule has 1 amide bonds. The van der Waals surface area contributed by atoms with Gasteiger partial charge in [0.2, 0.25) is 5.91 Å². The SMILES string of the molecule is CC(CC(=O)N(Cc1nccn1C)c1ccc2c(c1)CCC2)c1ccccc1. The van der Waals surface area contributed by atoms with Crippen molar-refractivity contribution in [2.24, 2.45) is 7.05 Å². The summed E-state index contributed by atoms with van der Waals surface area (Å²) in [5.41, 5.74) is 4.98. The predicted molar refractivity (Wildman–Crippen MR) is 112 cm³/mol. The summed E-state index contributed by atoms with van der Waals surface area (Å²) in [5, 5.41) is 0. The first-order chi connectivity index (χ1) is 13.6. The molecular formula is C24H27N3O. The Kier molecular flexibility index (Phi) is 5.29. The molecule has 1 aliphatic carbocycles. The van der Waals surface area contributed by atoms with Crippen LogP contribution in [0, 0.1) is 0 Å². The summed E-state index contributed by atoms with van der Waals surface area (Å²) in [5.74, 6) is 1.20. The van der Waals surface area contributed by atoms with Crippen LogP contribution in [0.3, 0.4) is 0 Å². The molecule has 0 radical (unpaired) electrons. The number of rotatable bonds is 6. The van der Waals surface area contributed by atoms with Crippen LogP contribution in [0.15, 0.2) is 60.9 Å². The number of hydrogen-bond donors (Lipinski definition) is 0. The average molecular weight is 374 g/mol. The smallest absolute Gasteiger partial charge is 0.228 e. The molecular weight excluding hydrogens is 346 g/mol.